The van der Waals surface area contributed by atoms with Crippen LogP contribution in [0.25, 0.3) is 0 Å². The van der Waals surface area contributed by atoms with Crippen LogP contribution in [0.2, 0.25) is 5.02 Å². The number of ether oxygens (including phenoxy) is 1. The molecule has 1 N–H and O–H groups in total. The number of aliphatic imine (C=N–C) groups is 1. The summed E-state index contributed by atoms with van der Waals surface area (Å²) in [7, 11) is 0. The maximum absolute atomic E-state index is 13.5. The number of nitriles is 1. The maximum Gasteiger partial charge on any atom is 0.312 e. The van der Waals surface area contributed by atoms with Gasteiger partial charge in [0.1, 0.15) is 5.82 Å². The van der Waals surface area contributed by atoms with Crippen molar-refractivity contribution >= 4 is 29.3 Å². The highest BCUT2D eigenvalue weighted by Gasteiger charge is 2.55. The van der Waals surface area contributed by atoms with Gasteiger partial charge in [0.15, 0.2) is 0 Å². The summed E-state index contributed by atoms with van der Waals surface area (Å²) in [6.45, 7) is 4.67. The highest BCUT2D eigenvalue weighted by atomic mass is 35.5. The Hall–Kier alpha value is -2.46. The van der Waals surface area contributed by atoms with E-state index in [0.717, 1.165) is 6.07 Å². The second kappa shape index (κ2) is 8.70. The molecule has 1 heterocycles. The van der Waals surface area contributed by atoms with Gasteiger partial charge in [0.25, 0.3) is 0 Å². The zero-order valence-corrected chi connectivity index (χ0v) is 16.7. The summed E-state index contributed by atoms with van der Waals surface area (Å²) in [4.78, 5) is 27.8. The van der Waals surface area contributed by atoms with Gasteiger partial charge in [0.2, 0.25) is 0 Å². The molecule has 0 saturated carbocycles. The number of aliphatic carboxylic acids is 1. The number of esters is 1. The first-order valence-corrected chi connectivity index (χ1v) is 9.26. The highest BCUT2D eigenvalue weighted by molar-refractivity contribution is 6.31. The molecule has 0 aliphatic carbocycles. The van der Waals surface area contributed by atoms with Crippen molar-refractivity contribution in [3.8, 4) is 6.07 Å². The van der Waals surface area contributed by atoms with Crippen molar-refractivity contribution in [2.45, 2.75) is 45.6 Å². The molecule has 0 radical (unpaired) electrons. The summed E-state index contributed by atoms with van der Waals surface area (Å²) < 4.78 is 18.5. The summed E-state index contributed by atoms with van der Waals surface area (Å²) >= 11 is 6.23. The Bertz CT molecular complexity index is 851. The van der Waals surface area contributed by atoms with Gasteiger partial charge in [-0.25, -0.2) is 4.39 Å². The minimum atomic E-state index is -1.45. The van der Waals surface area contributed by atoms with E-state index < -0.39 is 41.0 Å². The molecule has 1 aliphatic rings. The number of carbonyl (C=O) groups is 2. The van der Waals surface area contributed by atoms with E-state index in [1.807, 2.05) is 0 Å². The van der Waals surface area contributed by atoms with Crippen LogP contribution in [0.3, 0.4) is 0 Å². The average Bonchev–Trinajstić information content (AvgIpc) is 2.61. The first-order chi connectivity index (χ1) is 13.1. The topological polar surface area (TPSA) is 99.8 Å². The van der Waals surface area contributed by atoms with Crippen molar-refractivity contribution in [3.05, 3.63) is 34.6 Å². The zero-order valence-electron chi connectivity index (χ0n) is 15.9. The van der Waals surface area contributed by atoms with Gasteiger partial charge in [-0.1, -0.05) is 17.7 Å². The van der Waals surface area contributed by atoms with Crippen LogP contribution in [0.15, 0.2) is 23.2 Å². The van der Waals surface area contributed by atoms with E-state index in [2.05, 4.69) is 11.1 Å². The fourth-order valence-corrected chi connectivity index (χ4v) is 4.10. The Morgan fingerprint density at radius 1 is 1.46 bits per heavy atom. The van der Waals surface area contributed by atoms with Gasteiger partial charge in [0, 0.05) is 23.6 Å². The monoisotopic (exact) mass is 408 g/mol. The van der Waals surface area contributed by atoms with Crippen molar-refractivity contribution in [2.75, 3.05) is 6.61 Å². The molecule has 4 unspecified atom stereocenters. The highest BCUT2D eigenvalue weighted by Crippen LogP contribution is 2.51. The predicted octanol–water partition coefficient (Wildman–Crippen LogP) is 3.98. The normalized spacial score (nSPS) is 26.9. The molecule has 0 spiro atoms. The van der Waals surface area contributed by atoms with E-state index in [-0.39, 0.29) is 11.6 Å². The number of hydrogen-bond donors (Lipinski definition) is 1. The smallest absolute Gasteiger partial charge is 0.312 e. The van der Waals surface area contributed by atoms with Crippen molar-refractivity contribution < 1.29 is 23.8 Å². The van der Waals surface area contributed by atoms with Gasteiger partial charge in [0.05, 0.1) is 30.1 Å². The molecular formula is C20H22ClFN2O4. The summed E-state index contributed by atoms with van der Waals surface area (Å²) in [6.07, 6.45) is 0.770. The van der Waals surface area contributed by atoms with Crippen molar-refractivity contribution in [1.29, 1.82) is 5.26 Å². The third-order valence-corrected chi connectivity index (χ3v) is 5.63. The number of rotatable bonds is 6. The fourth-order valence-electron chi connectivity index (χ4n) is 3.81. The molecule has 0 amide bonds. The summed E-state index contributed by atoms with van der Waals surface area (Å²) in [6, 6.07) is 5.24. The Balaban J connectivity index is 2.51. The SMILES string of the molecule is CC(=O)OCCCC1N=C(C)C(C#N)C(c2ccc(F)cc2Cl)C1(C)C(=O)O. The molecule has 2 rings (SSSR count). The zero-order chi connectivity index (χ0) is 21.1. The van der Waals surface area contributed by atoms with Gasteiger partial charge in [-0.3, -0.25) is 14.6 Å². The van der Waals surface area contributed by atoms with Crippen LogP contribution in [-0.4, -0.2) is 35.4 Å². The molecule has 0 saturated heterocycles. The molecule has 0 aromatic heterocycles. The average molecular weight is 409 g/mol. The first kappa shape index (κ1) is 21.8. The van der Waals surface area contributed by atoms with Crippen LogP contribution in [0, 0.1) is 28.5 Å². The summed E-state index contributed by atoms with van der Waals surface area (Å²) in [5, 5.41) is 19.9. The molecule has 1 aromatic rings. The number of carboxylic acids is 1. The predicted molar refractivity (Wildman–Crippen MR) is 102 cm³/mol. The van der Waals surface area contributed by atoms with Gasteiger partial charge in [-0.05, 0) is 44.4 Å². The lowest BCUT2D eigenvalue weighted by molar-refractivity contribution is -0.152. The lowest BCUT2D eigenvalue weighted by Gasteiger charge is -2.45. The minimum absolute atomic E-state index is 0.0751. The summed E-state index contributed by atoms with van der Waals surface area (Å²) in [5.41, 5.74) is -0.541. The molecule has 8 heteroatoms. The lowest BCUT2D eigenvalue weighted by Crippen LogP contribution is -2.51. The first-order valence-electron chi connectivity index (χ1n) is 8.88. The van der Waals surface area contributed by atoms with E-state index in [0.29, 0.717) is 24.1 Å². The second-order valence-electron chi connectivity index (χ2n) is 7.11. The minimum Gasteiger partial charge on any atom is -0.481 e. The number of carbonyl (C=O) groups excluding carboxylic acids is 1. The van der Waals surface area contributed by atoms with Crippen LogP contribution in [0.4, 0.5) is 4.39 Å². The van der Waals surface area contributed by atoms with Crippen LogP contribution >= 0.6 is 11.6 Å². The van der Waals surface area contributed by atoms with Gasteiger partial charge >= 0.3 is 11.9 Å². The third-order valence-electron chi connectivity index (χ3n) is 5.31. The molecule has 28 heavy (non-hydrogen) atoms. The molecule has 0 fully saturated rings. The number of benzene rings is 1. The quantitative estimate of drug-likeness (QED) is 0.566. The van der Waals surface area contributed by atoms with Crippen LogP contribution < -0.4 is 0 Å². The molecule has 1 aromatic carbocycles. The van der Waals surface area contributed by atoms with Crippen molar-refractivity contribution in [3.63, 3.8) is 0 Å². The van der Waals surface area contributed by atoms with Crippen molar-refractivity contribution in [2.24, 2.45) is 16.3 Å². The maximum atomic E-state index is 13.5. The number of nitrogens with zero attached hydrogens (tertiary/aromatic N) is 2. The lowest BCUT2D eigenvalue weighted by atomic mass is 9.60. The van der Waals surface area contributed by atoms with Gasteiger partial charge in [-0.2, -0.15) is 5.26 Å². The molecule has 0 bridgehead atoms. The van der Waals surface area contributed by atoms with E-state index in [1.165, 1.54) is 26.0 Å². The van der Waals surface area contributed by atoms with Crippen LogP contribution in [0.5, 0.6) is 0 Å². The Kier molecular flexibility index (Phi) is 6.78. The van der Waals surface area contributed by atoms with Gasteiger partial charge < -0.3 is 9.84 Å². The fraction of sp³-hybridized carbons (Fsp3) is 0.500. The molecule has 6 nitrogen and oxygen atoms in total. The van der Waals surface area contributed by atoms with E-state index >= 15 is 0 Å². The van der Waals surface area contributed by atoms with Crippen LogP contribution in [0.1, 0.15) is 45.1 Å². The Labute approximate surface area is 168 Å². The number of hydrogen-bond acceptors (Lipinski definition) is 5. The molecular weight excluding hydrogens is 387 g/mol. The molecule has 150 valence electrons. The second-order valence-corrected chi connectivity index (χ2v) is 7.51. The summed E-state index contributed by atoms with van der Waals surface area (Å²) in [5.74, 6) is -3.69. The van der Waals surface area contributed by atoms with E-state index in [4.69, 9.17) is 16.3 Å². The molecule has 1 aliphatic heterocycles. The van der Waals surface area contributed by atoms with Gasteiger partial charge in [-0.15, -0.1) is 0 Å². The third kappa shape index (κ3) is 4.17. The number of halogens is 2. The van der Waals surface area contributed by atoms with Crippen LogP contribution in [-0.2, 0) is 14.3 Å². The number of carboxylic acid groups (broad SMARTS) is 1. The van der Waals surface area contributed by atoms with E-state index in [9.17, 15) is 24.3 Å². The Morgan fingerprint density at radius 2 is 2.14 bits per heavy atom. The largest absolute Gasteiger partial charge is 0.481 e. The molecule has 4 atom stereocenters. The standard InChI is InChI=1S/C20H22ClFN2O4/c1-11-15(10-23)18(14-7-6-13(22)9-16(14)21)20(3,19(26)27)17(24-11)5-4-8-28-12(2)25/h6-7,9,15,17-18H,4-5,8H2,1-3H3,(H,26,27). The Morgan fingerprint density at radius 3 is 2.68 bits per heavy atom. The van der Waals surface area contributed by atoms with Crippen molar-refractivity contribution in [1.82, 2.24) is 0 Å². The van der Waals surface area contributed by atoms with E-state index in [1.54, 1.807) is 6.92 Å².